The molecule has 0 saturated heterocycles. The fourth-order valence-electron chi connectivity index (χ4n) is 2.39. The van der Waals surface area contributed by atoms with Crippen molar-refractivity contribution >= 4 is 34.5 Å². The zero-order valence-corrected chi connectivity index (χ0v) is 13.8. The lowest BCUT2D eigenvalue weighted by atomic mass is 10.2. The lowest BCUT2D eigenvalue weighted by molar-refractivity contribution is 0.625. The summed E-state index contributed by atoms with van der Waals surface area (Å²) in [5, 5.41) is 4.21. The maximum absolute atomic E-state index is 13.7. The van der Waals surface area contributed by atoms with E-state index in [-0.39, 0.29) is 11.4 Å². The first-order valence-corrected chi connectivity index (χ1v) is 8.41. The van der Waals surface area contributed by atoms with Crippen molar-refractivity contribution in [2.75, 3.05) is 0 Å². The van der Waals surface area contributed by atoms with E-state index in [1.54, 1.807) is 24.3 Å². The first kappa shape index (κ1) is 15.4. The molecule has 0 aliphatic carbocycles. The lowest BCUT2D eigenvalue weighted by Gasteiger charge is -1.92. The Balaban J connectivity index is 1.71. The van der Waals surface area contributed by atoms with E-state index in [1.165, 1.54) is 28.0 Å². The highest BCUT2D eigenvalue weighted by atomic mass is 32.1. The van der Waals surface area contributed by atoms with Gasteiger partial charge in [-0.1, -0.05) is 65.9 Å². The minimum atomic E-state index is -0.368. The molecule has 0 aliphatic heterocycles. The predicted octanol–water partition coefficient (Wildman–Crippen LogP) is 3.01. The molecule has 0 fully saturated rings. The Bertz CT molecular complexity index is 1180. The van der Waals surface area contributed by atoms with E-state index in [4.69, 9.17) is 0 Å². The van der Waals surface area contributed by atoms with Gasteiger partial charge in [-0.05, 0) is 23.8 Å². The summed E-state index contributed by atoms with van der Waals surface area (Å²) in [6, 6.07) is 16.1. The van der Waals surface area contributed by atoms with Crippen molar-refractivity contribution in [2.24, 2.45) is 0 Å². The molecule has 0 amide bonds. The second kappa shape index (κ2) is 6.41. The molecule has 0 N–H and O–H groups in total. The third-order valence-electron chi connectivity index (χ3n) is 3.61. The number of halogens is 1. The molecule has 2 heterocycles. The standard InChI is InChI=1S/C19H12FN3OS/c20-15-9-5-4-8-14(15)12-16-18(24)23-19(25-16)21-17(22-23)11-10-13-6-2-1-3-7-13/h1-12H/b11-10+,16-12+. The zero-order valence-electron chi connectivity index (χ0n) is 13.0. The fraction of sp³-hybridized carbons (Fsp3) is 0. The maximum Gasteiger partial charge on any atom is 0.291 e. The number of fused-ring (bicyclic) bond motifs is 1. The topological polar surface area (TPSA) is 47.3 Å². The quantitative estimate of drug-likeness (QED) is 0.571. The molecule has 25 heavy (non-hydrogen) atoms. The van der Waals surface area contributed by atoms with E-state index in [2.05, 4.69) is 10.1 Å². The van der Waals surface area contributed by atoms with Gasteiger partial charge < -0.3 is 0 Å². The summed E-state index contributed by atoms with van der Waals surface area (Å²) in [5.74, 6) is 0.0945. The van der Waals surface area contributed by atoms with Gasteiger partial charge in [0.25, 0.3) is 5.56 Å². The van der Waals surface area contributed by atoms with E-state index in [1.807, 2.05) is 36.4 Å². The van der Waals surface area contributed by atoms with Crippen LogP contribution in [-0.2, 0) is 0 Å². The Kier molecular flexibility index (Phi) is 3.95. The molecule has 4 rings (SSSR count). The average molecular weight is 349 g/mol. The number of aromatic nitrogens is 3. The van der Waals surface area contributed by atoms with Crippen LogP contribution in [0.25, 0.3) is 23.2 Å². The normalized spacial score (nSPS) is 12.4. The molecule has 0 aliphatic rings. The molecule has 0 unspecified atom stereocenters. The number of benzene rings is 2. The molecule has 0 atom stereocenters. The highest BCUT2D eigenvalue weighted by Crippen LogP contribution is 2.09. The van der Waals surface area contributed by atoms with E-state index in [9.17, 15) is 9.18 Å². The van der Waals surface area contributed by atoms with Gasteiger partial charge in [-0.3, -0.25) is 4.79 Å². The van der Waals surface area contributed by atoms with Gasteiger partial charge in [-0.2, -0.15) is 9.50 Å². The van der Waals surface area contributed by atoms with Gasteiger partial charge in [0.15, 0.2) is 5.82 Å². The number of hydrogen-bond donors (Lipinski definition) is 0. The van der Waals surface area contributed by atoms with Crippen molar-refractivity contribution in [3.63, 3.8) is 0 Å². The summed E-state index contributed by atoms with van der Waals surface area (Å²) >= 11 is 1.19. The Morgan fingerprint density at radius 3 is 2.52 bits per heavy atom. The molecule has 0 radical (unpaired) electrons. The van der Waals surface area contributed by atoms with Crippen molar-refractivity contribution in [3.8, 4) is 0 Å². The van der Waals surface area contributed by atoms with Crippen LogP contribution in [0.1, 0.15) is 17.0 Å². The summed E-state index contributed by atoms with van der Waals surface area (Å²) in [7, 11) is 0. The van der Waals surface area contributed by atoms with Crippen molar-refractivity contribution in [2.45, 2.75) is 0 Å². The molecule has 2 aromatic heterocycles. The van der Waals surface area contributed by atoms with Crippen LogP contribution < -0.4 is 10.1 Å². The van der Waals surface area contributed by atoms with Gasteiger partial charge in [-0.25, -0.2) is 4.39 Å². The van der Waals surface area contributed by atoms with E-state index in [0.29, 0.717) is 20.9 Å². The summed E-state index contributed by atoms with van der Waals surface area (Å²) < 4.78 is 15.4. The lowest BCUT2D eigenvalue weighted by Crippen LogP contribution is -2.23. The molecule has 4 nitrogen and oxygen atoms in total. The highest BCUT2D eigenvalue weighted by molar-refractivity contribution is 7.15. The average Bonchev–Trinajstić information content (AvgIpc) is 3.15. The van der Waals surface area contributed by atoms with Crippen molar-refractivity contribution < 1.29 is 4.39 Å². The minimum absolute atomic E-state index is 0.296. The molecule has 0 spiro atoms. The molecule has 6 heteroatoms. The smallest absolute Gasteiger partial charge is 0.266 e. The molecular formula is C19H12FN3OS. The second-order valence-electron chi connectivity index (χ2n) is 5.35. The van der Waals surface area contributed by atoms with Crippen LogP contribution in [0.4, 0.5) is 4.39 Å². The Hall–Kier alpha value is -3.12. The van der Waals surface area contributed by atoms with Crippen molar-refractivity contribution in [3.05, 3.63) is 92.3 Å². The first-order valence-electron chi connectivity index (χ1n) is 7.60. The Morgan fingerprint density at radius 1 is 1.00 bits per heavy atom. The molecule has 0 saturated carbocycles. The Labute approximate surface area is 146 Å². The van der Waals surface area contributed by atoms with Crippen LogP contribution in [0.5, 0.6) is 0 Å². The predicted molar refractivity (Wildman–Crippen MR) is 97.7 cm³/mol. The number of hydrogen-bond acceptors (Lipinski definition) is 4. The first-order chi connectivity index (χ1) is 12.2. The van der Waals surface area contributed by atoms with Crippen molar-refractivity contribution in [1.29, 1.82) is 0 Å². The molecular weight excluding hydrogens is 337 g/mol. The largest absolute Gasteiger partial charge is 0.291 e. The SMILES string of the molecule is O=c1/c(=C\c2ccccc2F)sc2nc(/C=C/c3ccccc3)nn12. The fourth-order valence-corrected chi connectivity index (χ4v) is 3.29. The van der Waals surface area contributed by atoms with Crippen LogP contribution >= 0.6 is 11.3 Å². The van der Waals surface area contributed by atoms with E-state index < -0.39 is 0 Å². The molecule has 2 aromatic carbocycles. The van der Waals surface area contributed by atoms with Gasteiger partial charge in [0.1, 0.15) is 5.82 Å². The zero-order chi connectivity index (χ0) is 17.2. The summed E-state index contributed by atoms with van der Waals surface area (Å²) in [6.45, 7) is 0. The van der Waals surface area contributed by atoms with Gasteiger partial charge >= 0.3 is 0 Å². The molecule has 0 bridgehead atoms. The summed E-state index contributed by atoms with van der Waals surface area (Å²) in [6.07, 6.45) is 5.17. The van der Waals surface area contributed by atoms with Crippen LogP contribution in [0, 0.1) is 5.82 Å². The summed E-state index contributed by atoms with van der Waals surface area (Å²) in [4.78, 5) is 17.3. The number of rotatable bonds is 3. The third-order valence-corrected chi connectivity index (χ3v) is 4.57. The van der Waals surface area contributed by atoms with Gasteiger partial charge in [-0.15, -0.1) is 5.10 Å². The van der Waals surface area contributed by atoms with E-state index in [0.717, 1.165) is 5.56 Å². The summed E-state index contributed by atoms with van der Waals surface area (Å²) in [5.41, 5.74) is 1.10. The van der Waals surface area contributed by atoms with Crippen LogP contribution in [-0.4, -0.2) is 14.6 Å². The van der Waals surface area contributed by atoms with Crippen LogP contribution in [0.15, 0.2) is 59.4 Å². The van der Waals surface area contributed by atoms with Gasteiger partial charge in [0, 0.05) is 5.56 Å². The molecule has 4 aromatic rings. The van der Waals surface area contributed by atoms with Crippen LogP contribution in [0.2, 0.25) is 0 Å². The number of thiazole rings is 1. The van der Waals surface area contributed by atoms with Gasteiger partial charge in [0.2, 0.25) is 4.96 Å². The minimum Gasteiger partial charge on any atom is -0.266 e. The van der Waals surface area contributed by atoms with Crippen molar-refractivity contribution in [1.82, 2.24) is 14.6 Å². The maximum atomic E-state index is 13.7. The van der Waals surface area contributed by atoms with Crippen LogP contribution in [0.3, 0.4) is 0 Å². The molecule has 122 valence electrons. The second-order valence-corrected chi connectivity index (χ2v) is 6.35. The Morgan fingerprint density at radius 2 is 1.76 bits per heavy atom. The number of nitrogens with zero attached hydrogens (tertiary/aromatic N) is 3. The van der Waals surface area contributed by atoms with Gasteiger partial charge in [0.05, 0.1) is 4.53 Å². The monoisotopic (exact) mass is 349 g/mol. The third kappa shape index (κ3) is 3.12. The van der Waals surface area contributed by atoms with E-state index >= 15 is 0 Å². The highest BCUT2D eigenvalue weighted by Gasteiger charge is 2.09.